The molecule has 3 rings (SSSR count). The van der Waals surface area contributed by atoms with Crippen LogP contribution in [0.1, 0.15) is 36.5 Å². The Kier molecular flexibility index (Phi) is 5.45. The fraction of sp³-hybridized carbons (Fsp3) is 0.611. The quantitative estimate of drug-likeness (QED) is 0.857. The third-order valence-electron chi connectivity index (χ3n) is 4.98. The Balaban J connectivity index is 1.50. The Bertz CT molecular complexity index is 578. The van der Waals surface area contributed by atoms with Gasteiger partial charge in [-0.3, -0.25) is 14.6 Å². The van der Waals surface area contributed by atoms with Crippen molar-refractivity contribution in [1.82, 2.24) is 15.2 Å². The summed E-state index contributed by atoms with van der Waals surface area (Å²) in [5.41, 5.74) is 0.566. The smallest absolute Gasteiger partial charge is 0.252 e. The molecular weight excluding hydrogens is 306 g/mol. The van der Waals surface area contributed by atoms with Gasteiger partial charge in [-0.15, -0.1) is 0 Å². The van der Waals surface area contributed by atoms with Crippen LogP contribution in [-0.4, -0.2) is 54.0 Å². The minimum absolute atomic E-state index is 0.111. The molecule has 1 N–H and O–H groups in total. The number of nitrogens with one attached hydrogen (secondary N) is 1. The second-order valence-corrected chi connectivity index (χ2v) is 6.65. The average Bonchev–Trinajstić information content (AvgIpc) is 3.19. The molecule has 2 amide bonds. The molecule has 3 atom stereocenters. The van der Waals surface area contributed by atoms with Crippen LogP contribution in [0.15, 0.2) is 24.5 Å². The topological polar surface area (TPSA) is 71.5 Å². The first-order valence-corrected chi connectivity index (χ1v) is 8.76. The Hall–Kier alpha value is -1.95. The summed E-state index contributed by atoms with van der Waals surface area (Å²) in [6.45, 7) is 4.77. The lowest BCUT2D eigenvalue weighted by Crippen LogP contribution is -2.35. The van der Waals surface area contributed by atoms with Crippen LogP contribution < -0.4 is 5.32 Å². The minimum atomic E-state index is -0.111. The molecule has 2 aliphatic rings. The van der Waals surface area contributed by atoms with E-state index in [0.717, 1.165) is 19.4 Å². The first-order valence-electron chi connectivity index (χ1n) is 8.76. The van der Waals surface area contributed by atoms with Gasteiger partial charge in [-0.2, -0.15) is 0 Å². The number of aromatic nitrogens is 1. The Morgan fingerprint density at radius 1 is 1.42 bits per heavy atom. The van der Waals surface area contributed by atoms with Crippen LogP contribution in [-0.2, 0) is 9.53 Å². The highest BCUT2D eigenvalue weighted by Gasteiger charge is 2.44. The number of fused-ring (bicyclic) bond motifs is 1. The Morgan fingerprint density at radius 2 is 2.29 bits per heavy atom. The largest absolute Gasteiger partial charge is 0.376 e. The molecule has 0 aliphatic carbocycles. The maximum Gasteiger partial charge on any atom is 0.252 e. The number of pyridine rings is 1. The standard InChI is InChI=1S/C18H25N3O3/c1-2-3-6-17(22)21-10-15-14(12-24-16(15)11-21)9-20-18(23)13-5-4-7-19-8-13/h4-5,7-8,14-16H,2-3,6,9-12H2,1H3,(H,20,23)/t14-,15-,16-/m1/s1. The highest BCUT2D eigenvalue weighted by molar-refractivity contribution is 5.93. The molecule has 2 fully saturated rings. The summed E-state index contributed by atoms with van der Waals surface area (Å²) in [5, 5.41) is 2.97. The third kappa shape index (κ3) is 3.75. The van der Waals surface area contributed by atoms with Gasteiger partial charge in [0.05, 0.1) is 18.3 Å². The molecule has 2 aliphatic heterocycles. The van der Waals surface area contributed by atoms with Crippen LogP contribution in [0, 0.1) is 11.8 Å². The van der Waals surface area contributed by atoms with Crippen molar-refractivity contribution in [3.8, 4) is 0 Å². The number of nitrogens with zero attached hydrogens (tertiary/aromatic N) is 2. The van der Waals surface area contributed by atoms with Crippen molar-refractivity contribution < 1.29 is 14.3 Å². The van der Waals surface area contributed by atoms with Crippen molar-refractivity contribution in [3.63, 3.8) is 0 Å². The minimum Gasteiger partial charge on any atom is -0.376 e. The third-order valence-corrected chi connectivity index (χ3v) is 4.98. The number of ether oxygens (including phenoxy) is 1. The number of hydrogen-bond donors (Lipinski definition) is 1. The van der Waals surface area contributed by atoms with Crippen LogP contribution >= 0.6 is 0 Å². The highest BCUT2D eigenvalue weighted by atomic mass is 16.5. The average molecular weight is 331 g/mol. The van der Waals surface area contributed by atoms with Gasteiger partial charge in [-0.25, -0.2) is 0 Å². The molecule has 24 heavy (non-hydrogen) atoms. The Labute approximate surface area is 142 Å². The molecule has 1 aromatic rings. The van der Waals surface area contributed by atoms with Gasteiger partial charge in [-0.1, -0.05) is 13.3 Å². The molecule has 130 valence electrons. The fourth-order valence-corrected chi connectivity index (χ4v) is 3.52. The van der Waals surface area contributed by atoms with Gasteiger partial charge in [0.1, 0.15) is 0 Å². The van der Waals surface area contributed by atoms with Crippen molar-refractivity contribution in [2.24, 2.45) is 11.8 Å². The summed E-state index contributed by atoms with van der Waals surface area (Å²) in [7, 11) is 0. The zero-order valence-electron chi connectivity index (χ0n) is 14.1. The summed E-state index contributed by atoms with van der Waals surface area (Å²) in [4.78, 5) is 30.2. The SMILES string of the molecule is CCCCC(=O)N1C[C@@H]2[C@H](CNC(=O)c3cccnc3)CO[C@@H]2C1. The van der Waals surface area contributed by atoms with Gasteiger partial charge in [0.25, 0.3) is 5.91 Å². The molecule has 6 nitrogen and oxygen atoms in total. The summed E-state index contributed by atoms with van der Waals surface area (Å²) < 4.78 is 5.85. The molecule has 1 aromatic heterocycles. The zero-order chi connectivity index (χ0) is 16.9. The van der Waals surface area contributed by atoms with Crippen LogP contribution in [0.25, 0.3) is 0 Å². The van der Waals surface area contributed by atoms with E-state index in [1.165, 1.54) is 0 Å². The van der Waals surface area contributed by atoms with E-state index >= 15 is 0 Å². The first kappa shape index (κ1) is 16.9. The summed E-state index contributed by atoms with van der Waals surface area (Å²) in [5.74, 6) is 0.706. The highest BCUT2D eigenvalue weighted by Crippen LogP contribution is 2.33. The monoisotopic (exact) mass is 331 g/mol. The molecular formula is C18H25N3O3. The van der Waals surface area contributed by atoms with Gasteiger partial charge in [0.15, 0.2) is 0 Å². The molecule has 3 heterocycles. The number of hydrogen-bond acceptors (Lipinski definition) is 4. The van der Waals surface area contributed by atoms with E-state index in [2.05, 4.69) is 17.2 Å². The predicted octanol–water partition coefficient (Wildman–Crippen LogP) is 1.47. The number of likely N-dealkylation sites (tertiary alicyclic amines) is 1. The van der Waals surface area contributed by atoms with Gasteiger partial charge in [-0.05, 0) is 18.6 Å². The molecule has 0 saturated carbocycles. The molecule has 2 saturated heterocycles. The van der Waals surface area contributed by atoms with Crippen molar-refractivity contribution in [1.29, 1.82) is 0 Å². The lowest BCUT2D eigenvalue weighted by atomic mass is 9.93. The Morgan fingerprint density at radius 3 is 3.04 bits per heavy atom. The normalized spacial score (nSPS) is 25.5. The molecule has 0 unspecified atom stereocenters. The maximum atomic E-state index is 12.2. The van der Waals surface area contributed by atoms with Crippen molar-refractivity contribution >= 4 is 11.8 Å². The molecule has 0 radical (unpaired) electrons. The van der Waals surface area contributed by atoms with Crippen LogP contribution in [0.4, 0.5) is 0 Å². The van der Waals surface area contributed by atoms with Gasteiger partial charge in [0, 0.05) is 50.3 Å². The summed E-state index contributed by atoms with van der Waals surface area (Å²) >= 11 is 0. The van der Waals surface area contributed by atoms with Crippen LogP contribution in [0.5, 0.6) is 0 Å². The number of carbonyl (C=O) groups is 2. The lowest BCUT2D eigenvalue weighted by molar-refractivity contribution is -0.131. The fourth-order valence-electron chi connectivity index (χ4n) is 3.52. The second kappa shape index (κ2) is 7.75. The van der Waals surface area contributed by atoms with Crippen molar-refractivity contribution in [2.45, 2.75) is 32.3 Å². The zero-order valence-corrected chi connectivity index (χ0v) is 14.1. The van der Waals surface area contributed by atoms with Gasteiger partial charge in [0.2, 0.25) is 5.91 Å². The van der Waals surface area contributed by atoms with Crippen LogP contribution in [0.2, 0.25) is 0 Å². The number of unbranched alkanes of at least 4 members (excludes halogenated alkanes) is 1. The van der Waals surface area contributed by atoms with Crippen molar-refractivity contribution in [2.75, 3.05) is 26.2 Å². The molecule has 0 bridgehead atoms. The molecule has 0 aromatic carbocycles. The maximum absolute atomic E-state index is 12.2. The molecule has 0 spiro atoms. The van der Waals surface area contributed by atoms with E-state index < -0.39 is 0 Å². The first-order chi connectivity index (χ1) is 11.7. The van der Waals surface area contributed by atoms with E-state index in [0.29, 0.717) is 37.6 Å². The number of rotatable bonds is 6. The summed E-state index contributed by atoms with van der Waals surface area (Å²) in [6.07, 6.45) is 5.93. The van der Waals surface area contributed by atoms with E-state index in [9.17, 15) is 9.59 Å². The molecule has 6 heteroatoms. The second-order valence-electron chi connectivity index (χ2n) is 6.65. The number of amides is 2. The number of carbonyl (C=O) groups excluding carboxylic acids is 2. The van der Waals surface area contributed by atoms with E-state index in [1.807, 2.05) is 4.90 Å². The lowest BCUT2D eigenvalue weighted by Gasteiger charge is -2.20. The predicted molar refractivity (Wildman–Crippen MR) is 89.4 cm³/mol. The van der Waals surface area contributed by atoms with Crippen molar-refractivity contribution in [3.05, 3.63) is 30.1 Å². The van der Waals surface area contributed by atoms with Gasteiger partial charge < -0.3 is 15.0 Å². The van der Waals surface area contributed by atoms with E-state index in [-0.39, 0.29) is 23.8 Å². The van der Waals surface area contributed by atoms with E-state index in [4.69, 9.17) is 4.74 Å². The van der Waals surface area contributed by atoms with Crippen LogP contribution in [0.3, 0.4) is 0 Å². The van der Waals surface area contributed by atoms with Gasteiger partial charge >= 0.3 is 0 Å². The van der Waals surface area contributed by atoms with E-state index in [1.54, 1.807) is 24.5 Å². The summed E-state index contributed by atoms with van der Waals surface area (Å²) in [6, 6.07) is 3.50.